The number of alkyl halides is 2. The molecule has 0 spiro atoms. The summed E-state index contributed by atoms with van der Waals surface area (Å²) in [5.41, 5.74) is 4.60. The maximum absolute atomic E-state index is 12.5. The van der Waals surface area contributed by atoms with E-state index in [-0.39, 0.29) is 22.8 Å². The molecule has 0 unspecified atom stereocenters. The molecule has 1 aromatic carbocycles. The van der Waals surface area contributed by atoms with E-state index in [0.717, 1.165) is 6.07 Å². The van der Waals surface area contributed by atoms with Crippen LogP contribution in [0.2, 0.25) is 0 Å². The highest BCUT2D eigenvalue weighted by Crippen LogP contribution is 2.29. The topological polar surface area (TPSA) is 102 Å². The van der Waals surface area contributed by atoms with Crippen LogP contribution in [-0.2, 0) is 4.74 Å². The number of hydrogen-bond acceptors (Lipinski definition) is 8. The molecule has 0 atom stereocenters. The summed E-state index contributed by atoms with van der Waals surface area (Å²) in [6.45, 7) is -0.517. The summed E-state index contributed by atoms with van der Waals surface area (Å²) in [7, 11) is 1.28. The van der Waals surface area contributed by atoms with Crippen LogP contribution in [0.5, 0.6) is 11.5 Å². The average molecular weight is 428 g/mol. The number of benzene rings is 1. The van der Waals surface area contributed by atoms with Crippen LogP contribution in [0.1, 0.15) is 20.8 Å². The zero-order valence-electron chi connectivity index (χ0n) is 15.3. The molecule has 3 rings (SSSR count). The van der Waals surface area contributed by atoms with Gasteiger partial charge in [-0.1, -0.05) is 0 Å². The number of methoxy groups -OCH3 is 1. The molecule has 12 heteroatoms. The van der Waals surface area contributed by atoms with Gasteiger partial charge in [0.15, 0.2) is 16.6 Å². The lowest BCUT2D eigenvalue weighted by atomic mass is 10.2. The van der Waals surface area contributed by atoms with Crippen LogP contribution in [-0.4, -0.2) is 56.8 Å². The molecule has 2 heterocycles. The van der Waals surface area contributed by atoms with Crippen LogP contribution in [0, 0.1) is 0 Å². The van der Waals surface area contributed by atoms with Gasteiger partial charge >= 0.3 is 6.61 Å². The lowest BCUT2D eigenvalue weighted by molar-refractivity contribution is -0.0512. The van der Waals surface area contributed by atoms with E-state index < -0.39 is 18.4 Å². The number of hydrazine groups is 1. The maximum atomic E-state index is 12.5. The van der Waals surface area contributed by atoms with Crippen LogP contribution in [0.15, 0.2) is 23.6 Å². The summed E-state index contributed by atoms with van der Waals surface area (Å²) in [4.78, 5) is 30.7. The summed E-state index contributed by atoms with van der Waals surface area (Å²) < 4.78 is 39.5. The summed E-state index contributed by atoms with van der Waals surface area (Å²) in [6.07, 6.45) is 0. The average Bonchev–Trinajstić information content (AvgIpc) is 3.22. The highest BCUT2D eigenvalue weighted by atomic mass is 32.1. The largest absolute Gasteiger partial charge is 0.493 e. The van der Waals surface area contributed by atoms with Crippen molar-refractivity contribution in [3.63, 3.8) is 0 Å². The van der Waals surface area contributed by atoms with Crippen LogP contribution in [0.4, 0.5) is 13.9 Å². The molecule has 156 valence electrons. The molecule has 1 saturated heterocycles. The highest BCUT2D eigenvalue weighted by Gasteiger charge is 2.19. The van der Waals surface area contributed by atoms with Crippen molar-refractivity contribution in [1.29, 1.82) is 0 Å². The van der Waals surface area contributed by atoms with Gasteiger partial charge < -0.3 is 19.1 Å². The normalized spacial score (nSPS) is 13.9. The molecule has 0 saturated carbocycles. The molecule has 0 bridgehead atoms. The predicted octanol–water partition coefficient (Wildman–Crippen LogP) is 1.66. The number of amides is 2. The Morgan fingerprint density at radius 1 is 1.21 bits per heavy atom. The Balaban J connectivity index is 1.60. The second kappa shape index (κ2) is 9.47. The first kappa shape index (κ1) is 20.7. The Morgan fingerprint density at radius 3 is 2.62 bits per heavy atom. The molecule has 0 radical (unpaired) electrons. The molecule has 1 aliphatic heterocycles. The van der Waals surface area contributed by atoms with Crippen molar-refractivity contribution in [1.82, 2.24) is 15.8 Å². The van der Waals surface area contributed by atoms with Crippen molar-refractivity contribution >= 4 is 28.3 Å². The van der Waals surface area contributed by atoms with Crippen molar-refractivity contribution in [2.45, 2.75) is 6.61 Å². The van der Waals surface area contributed by atoms with Crippen molar-refractivity contribution < 1.29 is 32.6 Å². The predicted molar refractivity (Wildman–Crippen MR) is 99.7 cm³/mol. The first-order chi connectivity index (χ1) is 14.0. The smallest absolute Gasteiger partial charge is 0.387 e. The quantitative estimate of drug-likeness (QED) is 0.675. The van der Waals surface area contributed by atoms with Crippen molar-refractivity contribution in [3.05, 3.63) is 34.8 Å². The molecule has 1 aromatic heterocycles. The second-order valence-corrected chi connectivity index (χ2v) is 6.60. The third kappa shape index (κ3) is 5.29. The fourth-order valence-corrected chi connectivity index (χ4v) is 3.38. The first-order valence-corrected chi connectivity index (χ1v) is 9.37. The number of nitrogens with zero attached hydrogens (tertiary/aromatic N) is 2. The van der Waals surface area contributed by atoms with Crippen LogP contribution >= 0.6 is 11.3 Å². The first-order valence-electron chi connectivity index (χ1n) is 8.49. The summed E-state index contributed by atoms with van der Waals surface area (Å²) in [5, 5.41) is 2.27. The van der Waals surface area contributed by atoms with E-state index in [0.29, 0.717) is 31.4 Å². The third-order valence-electron chi connectivity index (χ3n) is 3.94. The van der Waals surface area contributed by atoms with E-state index in [1.807, 2.05) is 4.90 Å². The number of halogens is 2. The summed E-state index contributed by atoms with van der Waals surface area (Å²) >= 11 is 1.31. The molecule has 2 aromatic rings. The Labute approximate surface area is 168 Å². The number of hydrogen-bond donors (Lipinski definition) is 2. The molecule has 2 N–H and O–H groups in total. The van der Waals surface area contributed by atoms with E-state index in [2.05, 4.69) is 20.6 Å². The van der Waals surface area contributed by atoms with Crippen LogP contribution in [0.3, 0.4) is 0 Å². The number of ether oxygens (including phenoxy) is 3. The minimum Gasteiger partial charge on any atom is -0.493 e. The maximum Gasteiger partial charge on any atom is 0.387 e. The molecular weight excluding hydrogens is 410 g/mol. The second-order valence-electron chi connectivity index (χ2n) is 5.77. The van der Waals surface area contributed by atoms with E-state index in [4.69, 9.17) is 9.47 Å². The van der Waals surface area contributed by atoms with Gasteiger partial charge in [0, 0.05) is 24.0 Å². The number of aromatic nitrogens is 1. The van der Waals surface area contributed by atoms with Gasteiger partial charge in [0.2, 0.25) is 0 Å². The van der Waals surface area contributed by atoms with Crippen LogP contribution in [0.25, 0.3) is 0 Å². The summed E-state index contributed by atoms with van der Waals surface area (Å²) in [6, 6.07) is 3.74. The van der Waals surface area contributed by atoms with Gasteiger partial charge in [-0.05, 0) is 18.2 Å². The Kier molecular flexibility index (Phi) is 6.77. The standard InChI is InChI=1S/C17H18F2N4O5S/c1-26-12-3-2-10(8-13(12)28-16(18)19)14(24)21-22-15(25)11-9-29-17(20-11)23-4-6-27-7-5-23/h2-3,8-9,16H,4-7H2,1H3,(H,21,24)(H,22,25). The Morgan fingerprint density at radius 2 is 1.93 bits per heavy atom. The molecule has 29 heavy (non-hydrogen) atoms. The van der Waals surface area contributed by atoms with Gasteiger partial charge in [0.05, 0.1) is 20.3 Å². The monoisotopic (exact) mass is 428 g/mol. The van der Waals surface area contributed by atoms with Gasteiger partial charge in [-0.15, -0.1) is 11.3 Å². The summed E-state index contributed by atoms with van der Waals surface area (Å²) in [5.74, 6) is -1.57. The number of carbonyl (C=O) groups is 2. The van der Waals surface area contributed by atoms with E-state index in [1.54, 1.807) is 5.38 Å². The van der Waals surface area contributed by atoms with Crippen molar-refractivity contribution in [2.75, 3.05) is 38.3 Å². The molecular formula is C17H18F2N4O5S. The molecule has 9 nitrogen and oxygen atoms in total. The molecule has 1 fully saturated rings. The fraction of sp³-hybridized carbons (Fsp3) is 0.353. The fourth-order valence-electron chi connectivity index (χ4n) is 2.52. The minimum atomic E-state index is -3.08. The van der Waals surface area contributed by atoms with Gasteiger partial charge in [0.25, 0.3) is 11.8 Å². The number of carbonyl (C=O) groups excluding carboxylic acids is 2. The number of thiazole rings is 1. The van der Waals surface area contributed by atoms with Crippen molar-refractivity contribution in [2.24, 2.45) is 0 Å². The van der Waals surface area contributed by atoms with Gasteiger partial charge in [-0.3, -0.25) is 20.4 Å². The zero-order chi connectivity index (χ0) is 20.8. The third-order valence-corrected chi connectivity index (χ3v) is 4.84. The van der Waals surface area contributed by atoms with Gasteiger partial charge in [-0.25, -0.2) is 4.98 Å². The van der Waals surface area contributed by atoms with E-state index in [9.17, 15) is 18.4 Å². The molecule has 2 amide bonds. The number of rotatable bonds is 6. The van der Waals surface area contributed by atoms with Gasteiger partial charge in [-0.2, -0.15) is 8.78 Å². The zero-order valence-corrected chi connectivity index (χ0v) is 16.1. The SMILES string of the molecule is COc1ccc(C(=O)NNC(=O)c2csc(N3CCOCC3)n2)cc1OC(F)F. The Hall–Kier alpha value is -2.99. The highest BCUT2D eigenvalue weighted by molar-refractivity contribution is 7.13. The van der Waals surface area contributed by atoms with E-state index in [1.165, 1.54) is 30.6 Å². The number of morpholine rings is 1. The Bertz CT molecular complexity index is 873. The van der Waals surface area contributed by atoms with Gasteiger partial charge in [0.1, 0.15) is 5.69 Å². The lowest BCUT2D eigenvalue weighted by Crippen LogP contribution is -2.42. The van der Waals surface area contributed by atoms with E-state index >= 15 is 0 Å². The minimum absolute atomic E-state index is 0.00552. The lowest BCUT2D eigenvalue weighted by Gasteiger charge is -2.25. The van der Waals surface area contributed by atoms with Crippen LogP contribution < -0.4 is 25.2 Å². The number of anilines is 1. The molecule has 0 aliphatic carbocycles. The number of nitrogens with one attached hydrogen (secondary N) is 2. The van der Waals surface area contributed by atoms with Crippen molar-refractivity contribution in [3.8, 4) is 11.5 Å². The molecule has 1 aliphatic rings.